The Hall–Kier alpha value is -2.60. The zero-order valence-electron chi connectivity index (χ0n) is 12.4. The van der Waals surface area contributed by atoms with Crippen molar-refractivity contribution < 1.29 is 13.9 Å². The van der Waals surface area contributed by atoms with Crippen molar-refractivity contribution >= 4 is 27.8 Å². The van der Waals surface area contributed by atoms with Crippen LogP contribution in [0.5, 0.6) is 0 Å². The monoisotopic (exact) mass is 300 g/mol. The lowest BCUT2D eigenvalue weighted by Crippen LogP contribution is -2.28. The lowest BCUT2D eigenvalue weighted by molar-refractivity contribution is 0.0929. The molecule has 2 aromatic heterocycles. The van der Waals surface area contributed by atoms with E-state index in [9.17, 15) is 9.59 Å². The molecule has 6 heteroatoms. The van der Waals surface area contributed by atoms with Gasteiger partial charge in [-0.3, -0.25) is 4.79 Å². The van der Waals surface area contributed by atoms with E-state index in [2.05, 4.69) is 5.32 Å². The lowest BCUT2D eigenvalue weighted by atomic mass is 10.2. The summed E-state index contributed by atoms with van der Waals surface area (Å²) < 4.78 is 11.9. The van der Waals surface area contributed by atoms with Crippen molar-refractivity contribution in [3.63, 3.8) is 0 Å². The fourth-order valence-electron chi connectivity index (χ4n) is 2.57. The number of hydrogen-bond donors (Lipinski definition) is 1. The molecule has 0 saturated carbocycles. The highest BCUT2D eigenvalue weighted by molar-refractivity contribution is 6.07. The van der Waals surface area contributed by atoms with Crippen LogP contribution in [0.3, 0.4) is 0 Å². The highest BCUT2D eigenvalue weighted by atomic mass is 16.5. The Morgan fingerprint density at radius 1 is 1.32 bits per heavy atom. The molecule has 0 fully saturated rings. The van der Waals surface area contributed by atoms with Crippen molar-refractivity contribution in [2.45, 2.75) is 0 Å². The van der Waals surface area contributed by atoms with Gasteiger partial charge in [-0.05, 0) is 18.2 Å². The first kappa shape index (κ1) is 14.3. The average molecular weight is 300 g/mol. The summed E-state index contributed by atoms with van der Waals surface area (Å²) in [6.07, 6.45) is 0. The third-order valence-electron chi connectivity index (χ3n) is 3.62. The van der Waals surface area contributed by atoms with Crippen LogP contribution >= 0.6 is 0 Å². The smallest absolute Gasteiger partial charge is 0.345 e. The molecule has 6 nitrogen and oxygen atoms in total. The van der Waals surface area contributed by atoms with Crippen LogP contribution in [0.2, 0.25) is 0 Å². The van der Waals surface area contributed by atoms with Gasteiger partial charge in [0.25, 0.3) is 5.91 Å². The van der Waals surface area contributed by atoms with Gasteiger partial charge in [0.2, 0.25) is 0 Å². The maximum atomic E-state index is 12.2. The molecule has 114 valence electrons. The summed E-state index contributed by atoms with van der Waals surface area (Å²) in [4.78, 5) is 24.3. The van der Waals surface area contributed by atoms with Gasteiger partial charge < -0.3 is 19.0 Å². The molecular weight excluding hydrogens is 284 g/mol. The summed E-state index contributed by atoms with van der Waals surface area (Å²) in [5.74, 6) is -0.251. The zero-order chi connectivity index (χ0) is 15.7. The topological polar surface area (TPSA) is 73.5 Å². The van der Waals surface area contributed by atoms with Crippen LogP contribution in [0.1, 0.15) is 10.5 Å². The molecule has 0 unspecified atom stereocenters. The molecule has 0 radical (unpaired) electrons. The highest BCUT2D eigenvalue weighted by Gasteiger charge is 2.18. The number of carbonyl (C=O) groups excluding carboxylic acids is 1. The van der Waals surface area contributed by atoms with E-state index in [4.69, 9.17) is 9.15 Å². The van der Waals surface area contributed by atoms with Crippen molar-refractivity contribution in [1.29, 1.82) is 0 Å². The largest absolute Gasteiger partial charge is 0.422 e. The Balaban J connectivity index is 2.16. The highest BCUT2D eigenvalue weighted by Crippen LogP contribution is 2.24. The van der Waals surface area contributed by atoms with Crippen LogP contribution in [-0.2, 0) is 11.8 Å². The van der Waals surface area contributed by atoms with Crippen LogP contribution < -0.4 is 10.9 Å². The number of benzene rings is 1. The molecule has 0 saturated heterocycles. The fourth-order valence-corrected chi connectivity index (χ4v) is 2.57. The number of ether oxygens (including phenoxy) is 1. The zero-order valence-corrected chi connectivity index (χ0v) is 12.4. The molecule has 3 aromatic rings. The van der Waals surface area contributed by atoms with E-state index < -0.39 is 5.63 Å². The molecule has 22 heavy (non-hydrogen) atoms. The molecule has 0 spiro atoms. The number of aryl methyl sites for hydroxylation is 1. The van der Waals surface area contributed by atoms with E-state index >= 15 is 0 Å². The van der Waals surface area contributed by atoms with Crippen molar-refractivity contribution in [3.05, 3.63) is 46.4 Å². The molecular formula is C16H16N2O4. The maximum absolute atomic E-state index is 12.2. The third-order valence-corrected chi connectivity index (χ3v) is 3.62. The number of fused-ring (bicyclic) bond motifs is 3. The number of hydrogen-bond acceptors (Lipinski definition) is 4. The Morgan fingerprint density at radius 3 is 2.86 bits per heavy atom. The minimum Gasteiger partial charge on any atom is -0.422 e. The predicted octanol–water partition coefficient (Wildman–Crippen LogP) is 1.66. The van der Waals surface area contributed by atoms with E-state index in [1.807, 2.05) is 12.1 Å². The summed E-state index contributed by atoms with van der Waals surface area (Å²) in [6, 6.07) is 8.84. The molecule has 0 aliphatic carbocycles. The second-order valence-electron chi connectivity index (χ2n) is 4.99. The Bertz CT molecular complexity index is 908. The number of carbonyl (C=O) groups is 1. The number of aromatic nitrogens is 1. The van der Waals surface area contributed by atoms with Gasteiger partial charge in [-0.1, -0.05) is 12.1 Å². The molecule has 1 N–H and O–H groups in total. The predicted molar refractivity (Wildman–Crippen MR) is 83.2 cm³/mol. The quantitative estimate of drug-likeness (QED) is 0.587. The number of methoxy groups -OCH3 is 1. The van der Waals surface area contributed by atoms with Gasteiger partial charge in [0.15, 0.2) is 0 Å². The number of para-hydroxylation sites is 1. The summed E-state index contributed by atoms with van der Waals surface area (Å²) in [5.41, 5.74) is 1.17. The van der Waals surface area contributed by atoms with Crippen LogP contribution in [0.15, 0.2) is 39.5 Å². The van der Waals surface area contributed by atoms with Gasteiger partial charge in [-0.2, -0.15) is 0 Å². The Kier molecular flexibility index (Phi) is 3.68. The third kappa shape index (κ3) is 2.27. The summed E-state index contributed by atoms with van der Waals surface area (Å²) in [6.45, 7) is 0.840. The SMILES string of the molecule is COCCNC(=O)c1cc2c(=O)oc3ccccc3c2n1C. The molecule has 3 rings (SSSR count). The number of amides is 1. The van der Waals surface area contributed by atoms with Gasteiger partial charge in [0.05, 0.1) is 17.5 Å². The number of nitrogens with zero attached hydrogens (tertiary/aromatic N) is 1. The minimum absolute atomic E-state index is 0.251. The molecule has 1 aromatic carbocycles. The normalized spacial score (nSPS) is 11.2. The summed E-state index contributed by atoms with van der Waals surface area (Å²) >= 11 is 0. The Morgan fingerprint density at radius 2 is 2.09 bits per heavy atom. The minimum atomic E-state index is -0.444. The van der Waals surface area contributed by atoms with Crippen LogP contribution in [0, 0.1) is 0 Å². The average Bonchev–Trinajstić information content (AvgIpc) is 2.86. The molecule has 0 aliphatic rings. The van der Waals surface area contributed by atoms with Gasteiger partial charge in [0, 0.05) is 26.1 Å². The first-order chi connectivity index (χ1) is 10.6. The van der Waals surface area contributed by atoms with Crippen molar-refractivity contribution in [2.24, 2.45) is 7.05 Å². The molecule has 1 amide bonds. The van der Waals surface area contributed by atoms with Crippen LogP contribution in [-0.4, -0.2) is 30.7 Å². The first-order valence-corrected chi connectivity index (χ1v) is 6.92. The van der Waals surface area contributed by atoms with E-state index in [0.29, 0.717) is 35.3 Å². The van der Waals surface area contributed by atoms with E-state index in [1.165, 1.54) is 0 Å². The molecule has 0 aliphatic heterocycles. The molecule has 0 atom stereocenters. The van der Waals surface area contributed by atoms with Crippen molar-refractivity contribution in [1.82, 2.24) is 9.88 Å². The van der Waals surface area contributed by atoms with E-state index in [0.717, 1.165) is 5.39 Å². The van der Waals surface area contributed by atoms with Crippen LogP contribution in [0.4, 0.5) is 0 Å². The van der Waals surface area contributed by atoms with E-state index in [-0.39, 0.29) is 5.91 Å². The summed E-state index contributed by atoms with van der Waals surface area (Å²) in [7, 11) is 3.33. The fraction of sp³-hybridized carbons (Fsp3) is 0.250. The lowest BCUT2D eigenvalue weighted by Gasteiger charge is -2.06. The first-order valence-electron chi connectivity index (χ1n) is 6.92. The number of rotatable bonds is 4. The van der Waals surface area contributed by atoms with Crippen LogP contribution in [0.25, 0.3) is 21.9 Å². The van der Waals surface area contributed by atoms with Gasteiger partial charge in [-0.15, -0.1) is 0 Å². The molecule has 0 bridgehead atoms. The standard InChI is InChI=1S/C16H16N2O4/c1-18-12(15(19)17-7-8-21-2)9-11-14(18)10-5-3-4-6-13(10)22-16(11)20/h3-6,9H,7-8H2,1-2H3,(H,17,19). The second kappa shape index (κ2) is 5.65. The van der Waals surface area contributed by atoms with E-state index in [1.54, 1.807) is 36.9 Å². The number of nitrogens with one attached hydrogen (secondary N) is 1. The van der Waals surface area contributed by atoms with Gasteiger partial charge >= 0.3 is 5.63 Å². The Labute approximate surface area is 126 Å². The van der Waals surface area contributed by atoms with Crippen molar-refractivity contribution in [2.75, 3.05) is 20.3 Å². The maximum Gasteiger partial charge on any atom is 0.345 e. The molecule has 2 heterocycles. The second-order valence-corrected chi connectivity index (χ2v) is 4.99. The van der Waals surface area contributed by atoms with Gasteiger partial charge in [-0.25, -0.2) is 4.79 Å². The van der Waals surface area contributed by atoms with Gasteiger partial charge in [0.1, 0.15) is 11.3 Å². The van der Waals surface area contributed by atoms with Crippen molar-refractivity contribution in [3.8, 4) is 0 Å². The summed E-state index contributed by atoms with van der Waals surface area (Å²) in [5, 5.41) is 3.95.